The maximum atomic E-state index is 14.2. The van der Waals surface area contributed by atoms with E-state index < -0.39 is 59.1 Å². The molecule has 1 heterocycles. The number of carbonyl (C=O) groups excluding carboxylic acids is 4. The monoisotopic (exact) mass is 657 g/mol. The fraction of sp³-hybridized carbons (Fsp3) is 0.176. The molecule has 5 atom stereocenters. The van der Waals surface area contributed by atoms with Gasteiger partial charge in [-0.15, -0.1) is 0 Å². The second kappa shape index (κ2) is 13.8. The van der Waals surface area contributed by atoms with Gasteiger partial charge in [-0.25, -0.2) is 9.59 Å². The summed E-state index contributed by atoms with van der Waals surface area (Å²) in [5.41, 5.74) is -1.46. The fourth-order valence-electron chi connectivity index (χ4n) is 4.95. The molecule has 4 aromatic carbocycles. The summed E-state index contributed by atoms with van der Waals surface area (Å²) in [5, 5.41) is 12.5. The molecule has 1 saturated heterocycles. The van der Waals surface area contributed by atoms with Crippen LogP contribution in [0.5, 0.6) is 0 Å². The van der Waals surface area contributed by atoms with Gasteiger partial charge in [0.25, 0.3) is 5.91 Å². The number of Topliss-reactive ketones (excluding diaryl/α,β-unsaturated/α-hetero) is 1. The molecule has 0 aliphatic carbocycles. The minimum atomic E-state index is -2.24. The molecule has 1 aliphatic heterocycles. The molecule has 1 aliphatic rings. The van der Waals surface area contributed by atoms with Crippen LogP contribution in [0.1, 0.15) is 41.4 Å². The van der Waals surface area contributed by atoms with Gasteiger partial charge < -0.3 is 24.6 Å². The number of alkyl halides is 1. The number of amides is 1. The Labute approximate surface area is 261 Å². The fourth-order valence-corrected chi connectivity index (χ4v) is 5.72. The molecule has 0 unspecified atom stereocenters. The summed E-state index contributed by atoms with van der Waals surface area (Å²) in [6.07, 6.45) is -3.23. The minimum Gasteiger partial charge on any atom is -0.452 e. The van der Waals surface area contributed by atoms with Gasteiger partial charge in [0, 0.05) is 11.1 Å². The summed E-state index contributed by atoms with van der Waals surface area (Å²) in [6, 6.07) is 31.2. The number of hydrogen-bond donors (Lipinski definition) is 2. The van der Waals surface area contributed by atoms with Crippen molar-refractivity contribution >= 4 is 39.6 Å². The second-order valence-electron chi connectivity index (χ2n) is 10.0. The van der Waals surface area contributed by atoms with Gasteiger partial charge in [0.2, 0.25) is 5.78 Å². The van der Waals surface area contributed by atoms with Gasteiger partial charge in [-0.3, -0.25) is 9.59 Å². The topological polar surface area (TPSA) is 128 Å². The summed E-state index contributed by atoms with van der Waals surface area (Å²) in [5.74, 6) is -2.93. The number of carbonyl (C=O) groups is 4. The Hall–Kier alpha value is -4.64. The number of esters is 2. The SMILES string of the molecule is O=C(N[C@H]1[C@@H](OC(=O)c2ccccc2)[C@H](OC(=O)c2ccccc2)[C@](CO)(C(=O)c2ccccc2)O[C@@H]1Br)c1ccccc1. The maximum Gasteiger partial charge on any atom is 0.338 e. The first kappa shape index (κ1) is 30.8. The molecule has 224 valence electrons. The molecule has 0 radical (unpaired) electrons. The molecule has 5 rings (SSSR count). The molecule has 2 N–H and O–H groups in total. The Kier molecular flexibility index (Phi) is 9.64. The van der Waals surface area contributed by atoms with Crippen LogP contribution in [0.2, 0.25) is 0 Å². The third-order valence-corrected chi connectivity index (χ3v) is 7.96. The lowest BCUT2D eigenvalue weighted by atomic mass is 9.80. The van der Waals surface area contributed by atoms with Crippen LogP contribution in [-0.4, -0.2) is 64.2 Å². The summed E-state index contributed by atoms with van der Waals surface area (Å²) in [6.45, 7) is -0.950. The van der Waals surface area contributed by atoms with Crippen LogP contribution in [-0.2, 0) is 14.2 Å². The van der Waals surface area contributed by atoms with E-state index in [0.29, 0.717) is 5.56 Å². The first-order valence-corrected chi connectivity index (χ1v) is 14.7. The van der Waals surface area contributed by atoms with Gasteiger partial charge in [0.1, 0.15) is 11.1 Å². The molecule has 0 saturated carbocycles. The van der Waals surface area contributed by atoms with Gasteiger partial charge in [-0.1, -0.05) is 101 Å². The number of rotatable bonds is 9. The predicted molar refractivity (Wildman–Crippen MR) is 163 cm³/mol. The number of aliphatic hydroxyl groups excluding tert-OH is 1. The Bertz CT molecular complexity index is 1600. The van der Waals surface area contributed by atoms with Crippen LogP contribution in [0.3, 0.4) is 0 Å². The Balaban J connectivity index is 1.62. The summed E-state index contributed by atoms with van der Waals surface area (Å²) in [4.78, 5) is 54.5. The molecule has 0 aromatic heterocycles. The summed E-state index contributed by atoms with van der Waals surface area (Å²) in [7, 11) is 0. The van der Waals surface area contributed by atoms with Crippen LogP contribution in [0.15, 0.2) is 121 Å². The van der Waals surface area contributed by atoms with Gasteiger partial charge in [0.15, 0.2) is 17.8 Å². The van der Waals surface area contributed by atoms with E-state index in [-0.39, 0.29) is 16.7 Å². The maximum absolute atomic E-state index is 14.2. The highest BCUT2D eigenvalue weighted by Gasteiger charge is 2.62. The molecular formula is C34H28BrNO8. The second-order valence-corrected chi connectivity index (χ2v) is 10.9. The normalized spacial score (nSPS) is 22.8. The molecular weight excluding hydrogens is 630 g/mol. The number of benzene rings is 4. The van der Waals surface area contributed by atoms with Crippen molar-refractivity contribution in [1.29, 1.82) is 0 Å². The first-order valence-electron chi connectivity index (χ1n) is 13.7. The minimum absolute atomic E-state index is 0.144. The quantitative estimate of drug-likeness (QED) is 0.152. The molecule has 0 spiro atoms. The zero-order chi connectivity index (χ0) is 31.1. The van der Waals surface area contributed by atoms with E-state index in [1.54, 1.807) is 84.9 Å². The molecule has 1 amide bonds. The lowest BCUT2D eigenvalue weighted by Crippen LogP contribution is -2.72. The molecule has 10 heteroatoms. The lowest BCUT2D eigenvalue weighted by Gasteiger charge is -2.49. The number of ketones is 1. The van der Waals surface area contributed by atoms with Crippen LogP contribution in [0.25, 0.3) is 0 Å². The molecule has 44 heavy (non-hydrogen) atoms. The van der Waals surface area contributed by atoms with Crippen LogP contribution >= 0.6 is 15.9 Å². The molecule has 9 nitrogen and oxygen atoms in total. The summed E-state index contributed by atoms with van der Waals surface area (Å²) < 4.78 is 18.1. The van der Waals surface area contributed by atoms with Crippen molar-refractivity contribution in [3.8, 4) is 0 Å². The smallest absolute Gasteiger partial charge is 0.338 e. The van der Waals surface area contributed by atoms with E-state index in [2.05, 4.69) is 21.2 Å². The Morgan fingerprint density at radius 1 is 0.682 bits per heavy atom. The van der Waals surface area contributed by atoms with Crippen LogP contribution in [0.4, 0.5) is 0 Å². The van der Waals surface area contributed by atoms with Crippen molar-refractivity contribution < 1.29 is 38.5 Å². The van der Waals surface area contributed by atoms with Crippen molar-refractivity contribution in [2.24, 2.45) is 0 Å². The highest BCUT2D eigenvalue weighted by molar-refractivity contribution is 9.09. The molecule has 1 fully saturated rings. The van der Waals surface area contributed by atoms with Crippen molar-refractivity contribution in [2.75, 3.05) is 6.61 Å². The highest BCUT2D eigenvalue weighted by Crippen LogP contribution is 2.39. The number of hydrogen-bond acceptors (Lipinski definition) is 8. The number of halogens is 1. The van der Waals surface area contributed by atoms with Gasteiger partial charge in [-0.2, -0.15) is 0 Å². The molecule has 0 bridgehead atoms. The number of aliphatic hydroxyl groups is 1. The third-order valence-electron chi connectivity index (χ3n) is 7.20. The van der Waals surface area contributed by atoms with Gasteiger partial charge >= 0.3 is 11.9 Å². The average Bonchev–Trinajstić information content (AvgIpc) is 3.08. The van der Waals surface area contributed by atoms with E-state index in [0.717, 1.165) is 0 Å². The van der Waals surface area contributed by atoms with Gasteiger partial charge in [0.05, 0.1) is 17.7 Å². The Morgan fingerprint density at radius 3 is 1.59 bits per heavy atom. The van der Waals surface area contributed by atoms with E-state index >= 15 is 0 Å². The summed E-state index contributed by atoms with van der Waals surface area (Å²) >= 11 is 3.41. The zero-order valence-electron chi connectivity index (χ0n) is 23.2. The Morgan fingerprint density at radius 2 is 1.11 bits per heavy atom. The predicted octanol–water partition coefficient (Wildman–Crippen LogP) is 4.60. The first-order chi connectivity index (χ1) is 21.3. The van der Waals surface area contributed by atoms with E-state index in [1.165, 1.54) is 36.4 Å². The number of ether oxygens (including phenoxy) is 3. The van der Waals surface area contributed by atoms with Crippen molar-refractivity contribution in [1.82, 2.24) is 5.32 Å². The van der Waals surface area contributed by atoms with E-state index in [9.17, 15) is 24.3 Å². The van der Waals surface area contributed by atoms with Crippen molar-refractivity contribution in [3.05, 3.63) is 144 Å². The average molecular weight is 659 g/mol. The van der Waals surface area contributed by atoms with Crippen molar-refractivity contribution in [3.63, 3.8) is 0 Å². The zero-order valence-corrected chi connectivity index (χ0v) is 24.8. The lowest BCUT2D eigenvalue weighted by molar-refractivity contribution is -0.205. The van der Waals surface area contributed by atoms with E-state index in [4.69, 9.17) is 14.2 Å². The van der Waals surface area contributed by atoms with Crippen LogP contribution < -0.4 is 5.32 Å². The van der Waals surface area contributed by atoms with Crippen molar-refractivity contribution in [2.45, 2.75) is 28.9 Å². The number of nitrogens with one attached hydrogen (secondary N) is 1. The third kappa shape index (κ3) is 6.47. The van der Waals surface area contributed by atoms with Gasteiger partial charge in [-0.05, 0) is 36.4 Å². The molecule has 4 aromatic rings. The highest BCUT2D eigenvalue weighted by atomic mass is 79.9. The van der Waals surface area contributed by atoms with Crippen LogP contribution in [0, 0.1) is 0 Å². The van der Waals surface area contributed by atoms with E-state index in [1.807, 2.05) is 0 Å². The largest absolute Gasteiger partial charge is 0.452 e. The standard InChI is InChI=1S/C34H28BrNO8/c35-30-26(36-31(39)23-15-7-2-8-16-23)27(42-32(40)24-17-9-3-10-18-24)29(43-33(41)25-19-11-4-12-20-25)34(21-37,44-30)28(38)22-13-5-1-6-14-22/h1-20,26-27,29-30,37H,21H2,(H,36,39)/t26-,27+,29-,30-,34-/m0/s1.